The van der Waals surface area contributed by atoms with E-state index in [9.17, 15) is 0 Å². The summed E-state index contributed by atoms with van der Waals surface area (Å²) in [6, 6.07) is 10.2. The third kappa shape index (κ3) is 2.12. The molecule has 0 radical (unpaired) electrons. The smallest absolute Gasteiger partial charge is 0.188 e. The molecule has 3 aromatic rings. The quantitative estimate of drug-likeness (QED) is 0.742. The molecule has 2 heterocycles. The zero-order valence-electron chi connectivity index (χ0n) is 9.34. The summed E-state index contributed by atoms with van der Waals surface area (Å²) < 4.78 is 1.19. The summed E-state index contributed by atoms with van der Waals surface area (Å²) in [7, 11) is 0. The van der Waals surface area contributed by atoms with Crippen molar-refractivity contribution < 1.29 is 0 Å². The molecule has 84 valence electrons. The average Bonchev–Trinajstić information content (AvgIpc) is 2.71. The van der Waals surface area contributed by atoms with Crippen molar-refractivity contribution in [2.75, 3.05) is 5.32 Å². The van der Waals surface area contributed by atoms with Gasteiger partial charge in [-0.05, 0) is 30.7 Å². The van der Waals surface area contributed by atoms with Gasteiger partial charge in [-0.15, -0.1) is 0 Å². The Labute approximate surface area is 103 Å². The standard InChI is InChI=1S/C13H11N3S/c1-9-6-10(8-14-7-9)15-13-16-11-4-2-3-5-12(11)17-13/h2-8H,1H3,(H,15,16). The van der Waals surface area contributed by atoms with Crippen molar-refractivity contribution in [2.24, 2.45) is 0 Å². The lowest BCUT2D eigenvalue weighted by molar-refractivity contribution is 1.26. The molecule has 2 aromatic heterocycles. The molecule has 0 aliphatic heterocycles. The number of pyridine rings is 1. The zero-order chi connectivity index (χ0) is 11.7. The minimum absolute atomic E-state index is 0.901. The van der Waals surface area contributed by atoms with Gasteiger partial charge in [-0.2, -0.15) is 0 Å². The number of aryl methyl sites for hydroxylation is 1. The van der Waals surface area contributed by atoms with Crippen LogP contribution in [0.3, 0.4) is 0 Å². The lowest BCUT2D eigenvalue weighted by Gasteiger charge is -2.01. The number of hydrogen-bond donors (Lipinski definition) is 1. The number of para-hydroxylation sites is 1. The lowest BCUT2D eigenvalue weighted by atomic mass is 10.3. The maximum Gasteiger partial charge on any atom is 0.188 e. The van der Waals surface area contributed by atoms with Crippen LogP contribution in [-0.4, -0.2) is 9.97 Å². The van der Waals surface area contributed by atoms with Gasteiger partial charge in [0.15, 0.2) is 5.13 Å². The van der Waals surface area contributed by atoms with Crippen LogP contribution in [0.1, 0.15) is 5.56 Å². The SMILES string of the molecule is Cc1cncc(Nc2nc3ccccc3s2)c1. The summed E-state index contributed by atoms with van der Waals surface area (Å²) in [5.41, 5.74) is 3.14. The fourth-order valence-corrected chi connectivity index (χ4v) is 2.56. The van der Waals surface area contributed by atoms with Crippen LogP contribution in [0.5, 0.6) is 0 Å². The number of aromatic nitrogens is 2. The third-order valence-electron chi connectivity index (χ3n) is 2.42. The van der Waals surface area contributed by atoms with E-state index in [0.717, 1.165) is 21.9 Å². The summed E-state index contributed by atoms with van der Waals surface area (Å²) in [5, 5.41) is 4.18. The van der Waals surface area contributed by atoms with Crippen LogP contribution in [0.15, 0.2) is 42.7 Å². The van der Waals surface area contributed by atoms with Gasteiger partial charge in [0.1, 0.15) is 0 Å². The molecule has 0 unspecified atom stereocenters. The van der Waals surface area contributed by atoms with Crippen LogP contribution in [0, 0.1) is 6.92 Å². The predicted molar refractivity (Wildman–Crippen MR) is 71.9 cm³/mol. The molecular weight excluding hydrogens is 230 g/mol. The van der Waals surface area contributed by atoms with Crippen molar-refractivity contribution in [3.05, 3.63) is 48.3 Å². The van der Waals surface area contributed by atoms with E-state index in [-0.39, 0.29) is 0 Å². The molecule has 0 aliphatic carbocycles. The minimum atomic E-state index is 0.901. The van der Waals surface area contributed by atoms with Crippen molar-refractivity contribution in [3.63, 3.8) is 0 Å². The number of nitrogens with one attached hydrogen (secondary N) is 1. The van der Waals surface area contributed by atoms with Crippen molar-refractivity contribution in [3.8, 4) is 0 Å². The molecule has 0 amide bonds. The Bertz CT molecular complexity index is 627. The van der Waals surface area contributed by atoms with E-state index >= 15 is 0 Å². The topological polar surface area (TPSA) is 37.8 Å². The van der Waals surface area contributed by atoms with E-state index < -0.39 is 0 Å². The summed E-state index contributed by atoms with van der Waals surface area (Å²) in [6.07, 6.45) is 3.64. The maximum atomic E-state index is 4.52. The van der Waals surface area contributed by atoms with Gasteiger partial charge in [-0.25, -0.2) is 4.98 Å². The van der Waals surface area contributed by atoms with Crippen molar-refractivity contribution in [1.82, 2.24) is 9.97 Å². The first-order valence-electron chi connectivity index (χ1n) is 5.35. The van der Waals surface area contributed by atoms with Gasteiger partial charge in [-0.3, -0.25) is 4.98 Å². The number of hydrogen-bond acceptors (Lipinski definition) is 4. The Balaban J connectivity index is 1.94. The highest BCUT2D eigenvalue weighted by Gasteiger charge is 2.03. The van der Waals surface area contributed by atoms with E-state index in [1.54, 1.807) is 17.5 Å². The highest BCUT2D eigenvalue weighted by Crippen LogP contribution is 2.27. The molecule has 3 rings (SSSR count). The van der Waals surface area contributed by atoms with Gasteiger partial charge < -0.3 is 5.32 Å². The summed E-state index contributed by atoms with van der Waals surface area (Å²) >= 11 is 1.65. The third-order valence-corrected chi connectivity index (χ3v) is 3.37. The molecule has 0 fully saturated rings. The lowest BCUT2D eigenvalue weighted by Crippen LogP contribution is -1.90. The fraction of sp³-hybridized carbons (Fsp3) is 0.0769. The van der Waals surface area contributed by atoms with E-state index in [4.69, 9.17) is 0 Å². The normalized spacial score (nSPS) is 10.6. The Hall–Kier alpha value is -1.94. The summed E-state index contributed by atoms with van der Waals surface area (Å²) in [6.45, 7) is 2.02. The second-order valence-electron chi connectivity index (χ2n) is 3.86. The van der Waals surface area contributed by atoms with Gasteiger partial charge in [0.2, 0.25) is 0 Å². The van der Waals surface area contributed by atoms with Crippen molar-refractivity contribution in [1.29, 1.82) is 0 Å². The molecular formula is C13H11N3S. The number of nitrogens with zero attached hydrogens (tertiary/aromatic N) is 2. The first-order valence-corrected chi connectivity index (χ1v) is 6.17. The number of fused-ring (bicyclic) bond motifs is 1. The number of benzene rings is 1. The van der Waals surface area contributed by atoms with Gasteiger partial charge in [0.25, 0.3) is 0 Å². The monoisotopic (exact) mass is 241 g/mol. The zero-order valence-corrected chi connectivity index (χ0v) is 10.2. The van der Waals surface area contributed by atoms with Crippen LogP contribution in [0.25, 0.3) is 10.2 Å². The van der Waals surface area contributed by atoms with Gasteiger partial charge in [-0.1, -0.05) is 23.5 Å². The van der Waals surface area contributed by atoms with Crippen LogP contribution in [-0.2, 0) is 0 Å². The van der Waals surface area contributed by atoms with Gasteiger partial charge >= 0.3 is 0 Å². The highest BCUT2D eigenvalue weighted by molar-refractivity contribution is 7.22. The maximum absolute atomic E-state index is 4.52. The van der Waals surface area contributed by atoms with E-state index in [0.29, 0.717) is 0 Å². The Morgan fingerprint density at radius 2 is 2.06 bits per heavy atom. The van der Waals surface area contributed by atoms with Crippen LogP contribution in [0.2, 0.25) is 0 Å². The van der Waals surface area contributed by atoms with Gasteiger partial charge in [0.05, 0.1) is 22.1 Å². The van der Waals surface area contributed by atoms with E-state index in [2.05, 4.69) is 27.4 Å². The molecule has 1 N–H and O–H groups in total. The number of anilines is 2. The number of rotatable bonds is 2. The fourth-order valence-electron chi connectivity index (χ4n) is 1.67. The summed E-state index contributed by atoms with van der Waals surface area (Å²) in [5.74, 6) is 0. The molecule has 0 aliphatic rings. The molecule has 0 spiro atoms. The Morgan fingerprint density at radius 3 is 2.88 bits per heavy atom. The molecule has 0 saturated heterocycles. The Kier molecular flexibility index (Phi) is 2.49. The van der Waals surface area contributed by atoms with Crippen LogP contribution >= 0.6 is 11.3 Å². The Morgan fingerprint density at radius 1 is 1.18 bits per heavy atom. The number of thiazole rings is 1. The van der Waals surface area contributed by atoms with Crippen molar-refractivity contribution in [2.45, 2.75) is 6.92 Å². The highest BCUT2D eigenvalue weighted by atomic mass is 32.1. The molecule has 0 bridgehead atoms. The average molecular weight is 241 g/mol. The summed E-state index contributed by atoms with van der Waals surface area (Å²) in [4.78, 5) is 8.67. The molecule has 1 aromatic carbocycles. The van der Waals surface area contributed by atoms with E-state index in [1.165, 1.54) is 4.70 Å². The second kappa shape index (κ2) is 4.14. The molecule has 4 heteroatoms. The molecule has 17 heavy (non-hydrogen) atoms. The first-order chi connectivity index (χ1) is 8.31. The molecule has 0 atom stereocenters. The van der Waals surface area contributed by atoms with Crippen LogP contribution in [0.4, 0.5) is 10.8 Å². The minimum Gasteiger partial charge on any atom is -0.330 e. The predicted octanol–water partition coefficient (Wildman–Crippen LogP) is 3.74. The van der Waals surface area contributed by atoms with E-state index in [1.807, 2.05) is 31.3 Å². The largest absolute Gasteiger partial charge is 0.330 e. The van der Waals surface area contributed by atoms with Gasteiger partial charge in [0, 0.05) is 6.20 Å². The van der Waals surface area contributed by atoms with Crippen LogP contribution < -0.4 is 5.32 Å². The molecule has 3 nitrogen and oxygen atoms in total. The molecule has 0 saturated carbocycles. The van der Waals surface area contributed by atoms with Crippen molar-refractivity contribution >= 4 is 32.4 Å². The first kappa shape index (κ1) is 10.2. The second-order valence-corrected chi connectivity index (χ2v) is 4.89.